The lowest BCUT2D eigenvalue weighted by atomic mass is 9.75. The van der Waals surface area contributed by atoms with Gasteiger partial charge in [-0.3, -0.25) is 4.79 Å². The van der Waals surface area contributed by atoms with Gasteiger partial charge in [-0.15, -0.1) is 12.3 Å². The molecule has 0 radical (unpaired) electrons. The maximum Gasteiger partial charge on any atom is 0.165 e. The first-order valence-electron chi connectivity index (χ1n) is 4.93. The average molecular weight is 192 g/mol. The van der Waals surface area contributed by atoms with Crippen LogP contribution in [0.3, 0.4) is 0 Å². The molecule has 1 atom stereocenters. The second-order valence-corrected chi connectivity index (χ2v) is 3.85. The third kappa shape index (κ3) is 2.17. The van der Waals surface area contributed by atoms with Crippen LogP contribution in [0.25, 0.3) is 0 Å². The Morgan fingerprint density at radius 1 is 1.71 bits per heavy atom. The summed E-state index contributed by atoms with van der Waals surface area (Å²) in [4.78, 5) is 11.7. The normalized spacial score (nSPS) is 26.6. The Labute approximate surface area is 85.3 Å². The molecule has 0 bridgehead atoms. The van der Waals surface area contributed by atoms with Crippen molar-refractivity contribution in [3.05, 3.63) is 11.8 Å². The molecule has 1 aliphatic rings. The Bertz CT molecular complexity index is 296. The van der Waals surface area contributed by atoms with Gasteiger partial charge in [-0.25, -0.2) is 0 Å². The number of allylic oxidation sites excluding steroid dienone is 2. The van der Waals surface area contributed by atoms with Crippen molar-refractivity contribution >= 4 is 5.78 Å². The molecule has 0 spiro atoms. The van der Waals surface area contributed by atoms with Crippen LogP contribution < -0.4 is 0 Å². The van der Waals surface area contributed by atoms with E-state index in [0.717, 1.165) is 18.6 Å². The third-order valence-electron chi connectivity index (χ3n) is 2.63. The number of carbonyl (C=O) groups is 1. The minimum Gasteiger partial charge on any atom is -0.498 e. The molecule has 76 valence electrons. The van der Waals surface area contributed by atoms with Crippen molar-refractivity contribution in [3.8, 4) is 12.3 Å². The van der Waals surface area contributed by atoms with Gasteiger partial charge in [-0.05, 0) is 13.3 Å². The molecule has 0 aromatic heterocycles. The van der Waals surface area contributed by atoms with Gasteiger partial charge in [0, 0.05) is 24.3 Å². The Morgan fingerprint density at radius 3 is 2.93 bits per heavy atom. The molecule has 0 aliphatic heterocycles. The Hall–Kier alpha value is -1.23. The van der Waals surface area contributed by atoms with Crippen LogP contribution in [-0.2, 0) is 9.53 Å². The first-order valence-corrected chi connectivity index (χ1v) is 4.93. The van der Waals surface area contributed by atoms with Crippen molar-refractivity contribution in [2.24, 2.45) is 5.41 Å². The summed E-state index contributed by atoms with van der Waals surface area (Å²) in [7, 11) is 0. The third-order valence-corrected chi connectivity index (χ3v) is 2.63. The molecule has 0 saturated heterocycles. The van der Waals surface area contributed by atoms with Crippen molar-refractivity contribution in [1.82, 2.24) is 0 Å². The van der Waals surface area contributed by atoms with Gasteiger partial charge in [0.1, 0.15) is 0 Å². The topological polar surface area (TPSA) is 26.3 Å². The molecular weight excluding hydrogens is 176 g/mol. The van der Waals surface area contributed by atoms with Gasteiger partial charge in [-0.2, -0.15) is 0 Å². The van der Waals surface area contributed by atoms with E-state index in [2.05, 4.69) is 5.92 Å². The molecule has 0 amide bonds. The second-order valence-electron chi connectivity index (χ2n) is 3.85. The van der Waals surface area contributed by atoms with E-state index in [1.807, 2.05) is 13.8 Å². The zero-order chi connectivity index (χ0) is 10.6. The van der Waals surface area contributed by atoms with E-state index in [1.54, 1.807) is 6.08 Å². The smallest absolute Gasteiger partial charge is 0.165 e. The predicted octanol–water partition coefficient (Wildman–Crippen LogP) is 2.30. The van der Waals surface area contributed by atoms with Crippen molar-refractivity contribution in [3.63, 3.8) is 0 Å². The molecule has 0 aromatic rings. The molecule has 2 heteroatoms. The van der Waals surface area contributed by atoms with Gasteiger partial charge >= 0.3 is 0 Å². The fourth-order valence-corrected chi connectivity index (χ4v) is 1.61. The van der Waals surface area contributed by atoms with Crippen molar-refractivity contribution in [2.45, 2.75) is 33.1 Å². The molecule has 2 nitrogen and oxygen atoms in total. The number of hydrogen-bond acceptors (Lipinski definition) is 2. The molecule has 1 rings (SSSR count). The molecule has 0 N–H and O–H groups in total. The lowest BCUT2D eigenvalue weighted by Crippen LogP contribution is -2.29. The Balaban J connectivity index is 2.74. The highest BCUT2D eigenvalue weighted by molar-refractivity contribution is 5.96. The van der Waals surface area contributed by atoms with E-state index in [-0.39, 0.29) is 11.2 Å². The van der Waals surface area contributed by atoms with Crippen LogP contribution in [0.5, 0.6) is 0 Å². The van der Waals surface area contributed by atoms with Gasteiger partial charge in [0.05, 0.1) is 12.4 Å². The lowest BCUT2D eigenvalue weighted by Gasteiger charge is -2.29. The summed E-state index contributed by atoms with van der Waals surface area (Å²) >= 11 is 0. The molecule has 0 aromatic carbocycles. The standard InChI is InChI=1S/C12H16O2/c1-4-7-12(3)8-6-10(14-5-2)9-11(12)13/h1,9H,5-8H2,2-3H3. The van der Waals surface area contributed by atoms with E-state index < -0.39 is 0 Å². The first-order chi connectivity index (χ1) is 6.62. The largest absolute Gasteiger partial charge is 0.498 e. The minimum atomic E-state index is -0.366. The van der Waals surface area contributed by atoms with E-state index >= 15 is 0 Å². The van der Waals surface area contributed by atoms with E-state index in [1.165, 1.54) is 0 Å². The summed E-state index contributed by atoms with van der Waals surface area (Å²) in [6, 6.07) is 0. The Morgan fingerprint density at radius 2 is 2.43 bits per heavy atom. The summed E-state index contributed by atoms with van der Waals surface area (Å²) in [5.41, 5.74) is -0.366. The fraction of sp³-hybridized carbons (Fsp3) is 0.583. The number of carbonyl (C=O) groups excluding carboxylic acids is 1. The average Bonchev–Trinajstić information content (AvgIpc) is 2.13. The fourth-order valence-electron chi connectivity index (χ4n) is 1.61. The maximum absolute atomic E-state index is 11.7. The highest BCUT2D eigenvalue weighted by Gasteiger charge is 2.34. The molecule has 1 unspecified atom stereocenters. The summed E-state index contributed by atoms with van der Waals surface area (Å²) in [5.74, 6) is 3.46. The van der Waals surface area contributed by atoms with Crippen LogP contribution >= 0.6 is 0 Å². The molecule has 1 aliphatic carbocycles. The van der Waals surface area contributed by atoms with E-state index in [4.69, 9.17) is 11.2 Å². The van der Waals surface area contributed by atoms with Crippen LogP contribution in [-0.4, -0.2) is 12.4 Å². The number of ether oxygens (including phenoxy) is 1. The van der Waals surface area contributed by atoms with Crippen LogP contribution in [0.1, 0.15) is 33.1 Å². The number of terminal acetylenes is 1. The second kappa shape index (κ2) is 4.32. The van der Waals surface area contributed by atoms with Gasteiger partial charge in [0.15, 0.2) is 5.78 Å². The van der Waals surface area contributed by atoms with E-state index in [0.29, 0.717) is 13.0 Å². The first kappa shape index (κ1) is 10.8. The molecular formula is C12H16O2. The summed E-state index contributed by atoms with van der Waals surface area (Å²) in [5, 5.41) is 0. The van der Waals surface area contributed by atoms with Crippen LogP contribution in [0.15, 0.2) is 11.8 Å². The van der Waals surface area contributed by atoms with Gasteiger partial charge < -0.3 is 4.74 Å². The lowest BCUT2D eigenvalue weighted by molar-refractivity contribution is -0.124. The monoisotopic (exact) mass is 192 g/mol. The van der Waals surface area contributed by atoms with Gasteiger partial charge in [0.2, 0.25) is 0 Å². The summed E-state index contributed by atoms with van der Waals surface area (Å²) < 4.78 is 5.31. The van der Waals surface area contributed by atoms with Gasteiger partial charge in [-0.1, -0.05) is 6.92 Å². The summed E-state index contributed by atoms with van der Waals surface area (Å²) in [6.45, 7) is 4.46. The molecule has 14 heavy (non-hydrogen) atoms. The van der Waals surface area contributed by atoms with Crippen LogP contribution in [0.2, 0.25) is 0 Å². The van der Waals surface area contributed by atoms with Crippen molar-refractivity contribution in [1.29, 1.82) is 0 Å². The van der Waals surface area contributed by atoms with Crippen LogP contribution in [0.4, 0.5) is 0 Å². The maximum atomic E-state index is 11.7. The number of rotatable bonds is 3. The highest BCUT2D eigenvalue weighted by atomic mass is 16.5. The van der Waals surface area contributed by atoms with Crippen molar-refractivity contribution < 1.29 is 9.53 Å². The predicted molar refractivity (Wildman–Crippen MR) is 55.5 cm³/mol. The quantitative estimate of drug-likeness (QED) is 0.641. The zero-order valence-corrected chi connectivity index (χ0v) is 8.80. The summed E-state index contributed by atoms with van der Waals surface area (Å²) in [6.07, 6.45) is 8.97. The molecule has 0 saturated carbocycles. The Kier molecular flexibility index (Phi) is 3.35. The highest BCUT2D eigenvalue weighted by Crippen LogP contribution is 2.35. The molecule has 0 heterocycles. The van der Waals surface area contributed by atoms with Gasteiger partial charge in [0.25, 0.3) is 0 Å². The molecule has 0 fully saturated rings. The number of ketones is 1. The SMILES string of the molecule is C#CCC1(C)CCC(OCC)=CC1=O. The number of hydrogen-bond donors (Lipinski definition) is 0. The zero-order valence-electron chi connectivity index (χ0n) is 8.80. The van der Waals surface area contributed by atoms with Crippen LogP contribution in [0, 0.1) is 17.8 Å². The van der Waals surface area contributed by atoms with Crippen molar-refractivity contribution in [2.75, 3.05) is 6.61 Å². The van der Waals surface area contributed by atoms with E-state index in [9.17, 15) is 4.79 Å². The minimum absolute atomic E-state index is 0.102.